The minimum absolute atomic E-state index is 0.245. The van der Waals surface area contributed by atoms with Crippen LogP contribution in [0.5, 0.6) is 0 Å². The molecule has 1 aliphatic rings. The van der Waals surface area contributed by atoms with Crippen LogP contribution < -0.4 is 0 Å². The highest BCUT2D eigenvalue weighted by Crippen LogP contribution is 2.42. The van der Waals surface area contributed by atoms with Crippen molar-refractivity contribution in [3.8, 4) is 0 Å². The monoisotopic (exact) mass is 251 g/mol. The Morgan fingerprint density at radius 2 is 2.28 bits per heavy atom. The van der Waals surface area contributed by atoms with Crippen molar-refractivity contribution in [3.05, 3.63) is 12.2 Å². The molecule has 2 rings (SSSR count). The van der Waals surface area contributed by atoms with Crippen LogP contribution in [-0.2, 0) is 13.0 Å². The molecule has 1 aromatic rings. The van der Waals surface area contributed by atoms with Crippen LogP contribution >= 0.6 is 0 Å². The zero-order valence-electron chi connectivity index (χ0n) is 11.8. The van der Waals surface area contributed by atoms with Gasteiger partial charge in [0, 0.05) is 13.0 Å². The number of aryl methyl sites for hydroxylation is 1. The SMILES string of the molecule is CCn1ncnc1CC(O)C1CCCCC1(C)C. The molecule has 0 aliphatic heterocycles. The van der Waals surface area contributed by atoms with E-state index in [2.05, 4.69) is 30.9 Å². The van der Waals surface area contributed by atoms with Crippen LogP contribution in [0.15, 0.2) is 6.33 Å². The van der Waals surface area contributed by atoms with Gasteiger partial charge in [0.1, 0.15) is 12.2 Å². The summed E-state index contributed by atoms with van der Waals surface area (Å²) in [5, 5.41) is 14.7. The van der Waals surface area contributed by atoms with Crippen molar-refractivity contribution in [2.45, 2.75) is 65.5 Å². The molecule has 0 radical (unpaired) electrons. The molecule has 2 atom stereocenters. The second kappa shape index (κ2) is 5.39. The molecule has 4 heteroatoms. The molecule has 1 aliphatic carbocycles. The molecule has 2 unspecified atom stereocenters. The summed E-state index contributed by atoms with van der Waals surface area (Å²) in [6.07, 6.45) is 6.80. The van der Waals surface area contributed by atoms with Gasteiger partial charge < -0.3 is 5.11 Å². The van der Waals surface area contributed by atoms with E-state index in [0.717, 1.165) is 18.8 Å². The number of aromatic nitrogens is 3. The maximum absolute atomic E-state index is 10.5. The third kappa shape index (κ3) is 2.74. The molecule has 0 amide bonds. The molecule has 4 nitrogen and oxygen atoms in total. The second-order valence-electron chi connectivity index (χ2n) is 6.10. The maximum atomic E-state index is 10.5. The Labute approximate surface area is 109 Å². The van der Waals surface area contributed by atoms with Crippen molar-refractivity contribution in [3.63, 3.8) is 0 Å². The van der Waals surface area contributed by atoms with Crippen LogP contribution in [0.25, 0.3) is 0 Å². The van der Waals surface area contributed by atoms with E-state index in [-0.39, 0.29) is 11.5 Å². The van der Waals surface area contributed by atoms with Gasteiger partial charge >= 0.3 is 0 Å². The van der Waals surface area contributed by atoms with Crippen molar-refractivity contribution in [1.82, 2.24) is 14.8 Å². The molecule has 1 aromatic heterocycles. The van der Waals surface area contributed by atoms with Crippen LogP contribution in [0, 0.1) is 11.3 Å². The highest BCUT2D eigenvalue weighted by Gasteiger charge is 2.37. The molecule has 1 heterocycles. The van der Waals surface area contributed by atoms with Crippen molar-refractivity contribution in [2.75, 3.05) is 0 Å². The molecule has 0 bridgehead atoms. The number of hydrogen-bond acceptors (Lipinski definition) is 3. The predicted octanol–water partition coefficient (Wildman–Crippen LogP) is 2.42. The van der Waals surface area contributed by atoms with Gasteiger partial charge in [0.15, 0.2) is 0 Å². The van der Waals surface area contributed by atoms with Gasteiger partial charge in [0.2, 0.25) is 0 Å². The first-order valence-electron chi connectivity index (χ1n) is 7.09. The molecule has 1 fully saturated rings. The first kappa shape index (κ1) is 13.5. The lowest BCUT2D eigenvalue weighted by Crippen LogP contribution is -2.38. The summed E-state index contributed by atoms with van der Waals surface area (Å²) in [7, 11) is 0. The Bertz CT molecular complexity index is 386. The van der Waals surface area contributed by atoms with Gasteiger partial charge in [0.05, 0.1) is 6.10 Å². The summed E-state index contributed by atoms with van der Waals surface area (Å²) in [5.41, 5.74) is 0.245. The van der Waals surface area contributed by atoms with Crippen LogP contribution in [0.1, 0.15) is 52.3 Å². The Morgan fingerprint density at radius 1 is 1.50 bits per heavy atom. The highest BCUT2D eigenvalue weighted by molar-refractivity contribution is 4.94. The first-order chi connectivity index (χ1) is 8.54. The topological polar surface area (TPSA) is 50.9 Å². The molecule has 18 heavy (non-hydrogen) atoms. The van der Waals surface area contributed by atoms with Gasteiger partial charge in [-0.25, -0.2) is 4.98 Å². The fourth-order valence-electron chi connectivity index (χ4n) is 3.27. The van der Waals surface area contributed by atoms with Gasteiger partial charge in [-0.3, -0.25) is 4.68 Å². The maximum Gasteiger partial charge on any atom is 0.138 e. The fourth-order valence-corrected chi connectivity index (χ4v) is 3.27. The summed E-state index contributed by atoms with van der Waals surface area (Å²) in [6, 6.07) is 0. The Morgan fingerprint density at radius 3 is 2.94 bits per heavy atom. The minimum Gasteiger partial charge on any atom is -0.392 e. The van der Waals surface area contributed by atoms with Crippen molar-refractivity contribution in [2.24, 2.45) is 11.3 Å². The van der Waals surface area contributed by atoms with E-state index in [0.29, 0.717) is 12.3 Å². The normalized spacial score (nSPS) is 25.0. The molecular formula is C14H25N3O. The second-order valence-corrected chi connectivity index (χ2v) is 6.10. The van der Waals surface area contributed by atoms with E-state index < -0.39 is 0 Å². The third-order valence-electron chi connectivity index (χ3n) is 4.44. The predicted molar refractivity (Wildman–Crippen MR) is 71.1 cm³/mol. The van der Waals surface area contributed by atoms with E-state index in [9.17, 15) is 5.11 Å². The Balaban J connectivity index is 2.05. The number of hydrogen-bond donors (Lipinski definition) is 1. The smallest absolute Gasteiger partial charge is 0.138 e. The standard InChI is InChI=1S/C14H25N3O/c1-4-17-13(15-10-16-17)9-12(18)11-7-5-6-8-14(11,2)3/h10-12,18H,4-9H2,1-3H3. The summed E-state index contributed by atoms with van der Waals surface area (Å²) in [5.74, 6) is 1.29. The summed E-state index contributed by atoms with van der Waals surface area (Å²) < 4.78 is 1.87. The summed E-state index contributed by atoms with van der Waals surface area (Å²) in [4.78, 5) is 4.26. The van der Waals surface area contributed by atoms with E-state index in [1.165, 1.54) is 19.3 Å². The van der Waals surface area contributed by atoms with E-state index in [1.54, 1.807) is 6.33 Å². The zero-order chi connectivity index (χ0) is 13.2. The van der Waals surface area contributed by atoms with Crippen molar-refractivity contribution >= 4 is 0 Å². The number of aliphatic hydroxyl groups is 1. The number of aliphatic hydroxyl groups excluding tert-OH is 1. The molecule has 102 valence electrons. The summed E-state index contributed by atoms with van der Waals surface area (Å²) >= 11 is 0. The minimum atomic E-state index is -0.296. The molecule has 0 aromatic carbocycles. The van der Waals surface area contributed by atoms with Crippen LogP contribution in [-0.4, -0.2) is 26.0 Å². The van der Waals surface area contributed by atoms with Crippen LogP contribution in [0.3, 0.4) is 0 Å². The Hall–Kier alpha value is -0.900. The van der Waals surface area contributed by atoms with Crippen molar-refractivity contribution < 1.29 is 5.11 Å². The van der Waals surface area contributed by atoms with Gasteiger partial charge in [0.25, 0.3) is 0 Å². The van der Waals surface area contributed by atoms with E-state index in [1.807, 2.05) is 4.68 Å². The third-order valence-corrected chi connectivity index (χ3v) is 4.44. The van der Waals surface area contributed by atoms with Gasteiger partial charge in [-0.1, -0.05) is 26.7 Å². The number of nitrogens with zero attached hydrogens (tertiary/aromatic N) is 3. The lowest BCUT2D eigenvalue weighted by molar-refractivity contribution is 0.00426. The first-order valence-corrected chi connectivity index (χ1v) is 7.09. The van der Waals surface area contributed by atoms with E-state index >= 15 is 0 Å². The van der Waals surface area contributed by atoms with Crippen LogP contribution in [0.2, 0.25) is 0 Å². The van der Waals surface area contributed by atoms with E-state index in [4.69, 9.17) is 0 Å². The lowest BCUT2D eigenvalue weighted by Gasteiger charge is -2.41. The van der Waals surface area contributed by atoms with Crippen molar-refractivity contribution in [1.29, 1.82) is 0 Å². The molecule has 1 saturated carbocycles. The molecule has 1 N–H and O–H groups in total. The van der Waals surface area contributed by atoms with Gasteiger partial charge in [-0.2, -0.15) is 5.10 Å². The molecular weight excluding hydrogens is 226 g/mol. The highest BCUT2D eigenvalue weighted by atomic mass is 16.3. The number of rotatable bonds is 4. The van der Waals surface area contributed by atoms with Gasteiger partial charge in [-0.15, -0.1) is 0 Å². The fraction of sp³-hybridized carbons (Fsp3) is 0.857. The average molecular weight is 251 g/mol. The largest absolute Gasteiger partial charge is 0.392 e. The molecule has 0 spiro atoms. The van der Waals surface area contributed by atoms with Crippen LogP contribution in [0.4, 0.5) is 0 Å². The quantitative estimate of drug-likeness (QED) is 0.894. The Kier molecular flexibility index (Phi) is 4.05. The lowest BCUT2D eigenvalue weighted by atomic mass is 9.66. The zero-order valence-corrected chi connectivity index (χ0v) is 11.8. The average Bonchev–Trinajstić information content (AvgIpc) is 2.75. The summed E-state index contributed by atoms with van der Waals surface area (Å²) in [6.45, 7) is 7.43. The molecule has 0 saturated heterocycles. The van der Waals surface area contributed by atoms with Gasteiger partial charge in [-0.05, 0) is 31.1 Å².